The van der Waals surface area contributed by atoms with Gasteiger partial charge in [-0.15, -0.1) is 5.10 Å². The van der Waals surface area contributed by atoms with Crippen LogP contribution in [-0.2, 0) is 11.3 Å². The molecule has 0 aliphatic heterocycles. The second-order valence-electron chi connectivity index (χ2n) is 4.80. The number of nitro benzene ring substituents is 1. The Labute approximate surface area is 135 Å². The van der Waals surface area contributed by atoms with Crippen LogP contribution in [0, 0.1) is 27.2 Å². The summed E-state index contributed by atoms with van der Waals surface area (Å²) in [4.78, 5) is 32.6. The molecule has 0 bridgehead atoms. The van der Waals surface area contributed by atoms with E-state index in [1.165, 1.54) is 19.2 Å². The minimum Gasteiger partial charge on any atom is -0.475 e. The van der Waals surface area contributed by atoms with Crippen molar-refractivity contribution in [3.63, 3.8) is 0 Å². The van der Waals surface area contributed by atoms with E-state index in [-0.39, 0.29) is 29.5 Å². The molecular formula is C13H13N5O6. The summed E-state index contributed by atoms with van der Waals surface area (Å²) >= 11 is 0. The number of aromatic nitrogens is 2. The van der Waals surface area contributed by atoms with Crippen LogP contribution in [0.1, 0.15) is 5.56 Å². The van der Waals surface area contributed by atoms with Crippen molar-refractivity contribution >= 4 is 23.0 Å². The van der Waals surface area contributed by atoms with Gasteiger partial charge in [0.2, 0.25) is 5.91 Å². The second kappa shape index (κ2) is 6.73. The number of nitro groups is 2. The van der Waals surface area contributed by atoms with Gasteiger partial charge in [-0.2, -0.15) is 0 Å². The molecule has 24 heavy (non-hydrogen) atoms. The highest BCUT2D eigenvalue weighted by Crippen LogP contribution is 2.26. The first-order chi connectivity index (χ1) is 11.3. The average Bonchev–Trinajstić information content (AvgIpc) is 2.92. The first kappa shape index (κ1) is 16.9. The van der Waals surface area contributed by atoms with Gasteiger partial charge in [0.15, 0.2) is 0 Å². The van der Waals surface area contributed by atoms with Crippen molar-refractivity contribution in [2.45, 2.75) is 13.5 Å². The van der Waals surface area contributed by atoms with Crippen molar-refractivity contribution in [2.24, 2.45) is 0 Å². The Morgan fingerprint density at radius 3 is 2.50 bits per heavy atom. The Balaban J connectivity index is 2.17. The molecule has 0 aliphatic carbocycles. The molecule has 0 atom stereocenters. The first-order valence-corrected chi connectivity index (χ1v) is 6.62. The predicted molar refractivity (Wildman–Crippen MR) is 81.9 cm³/mol. The van der Waals surface area contributed by atoms with E-state index in [1.807, 2.05) is 0 Å². The predicted octanol–water partition coefficient (Wildman–Crippen LogP) is 1.66. The summed E-state index contributed by atoms with van der Waals surface area (Å²) in [6.45, 7) is 1.32. The van der Waals surface area contributed by atoms with E-state index in [0.717, 1.165) is 10.9 Å². The molecule has 1 aromatic carbocycles. The van der Waals surface area contributed by atoms with Crippen LogP contribution in [0.4, 0.5) is 17.1 Å². The fraction of sp³-hybridized carbons (Fsp3) is 0.231. The number of rotatable bonds is 6. The number of benzene rings is 1. The first-order valence-electron chi connectivity index (χ1n) is 6.62. The van der Waals surface area contributed by atoms with Crippen molar-refractivity contribution in [1.82, 2.24) is 9.78 Å². The molecule has 2 aromatic rings. The number of nitrogens with zero attached hydrogens (tertiary/aromatic N) is 4. The standard InChI is InChI=1S/C13H13N5O6/c1-8-3-4-9(10(5-8)17(20)21)14-12(19)7-16-6-11(18(22)23)13(15-16)24-2/h3-6H,7H2,1-2H3,(H,14,19). The maximum atomic E-state index is 12.0. The monoisotopic (exact) mass is 335 g/mol. The molecule has 11 nitrogen and oxygen atoms in total. The SMILES string of the molecule is COc1nn(CC(=O)Nc2ccc(C)cc2[N+](=O)[O-])cc1[N+](=O)[O-]. The molecule has 0 saturated carbocycles. The lowest BCUT2D eigenvalue weighted by molar-refractivity contribution is -0.385. The molecule has 1 N–H and O–H groups in total. The van der Waals surface area contributed by atoms with Gasteiger partial charge in [-0.25, -0.2) is 0 Å². The summed E-state index contributed by atoms with van der Waals surface area (Å²) in [6.07, 6.45) is 1.04. The van der Waals surface area contributed by atoms with Gasteiger partial charge in [0.25, 0.3) is 5.69 Å². The summed E-state index contributed by atoms with van der Waals surface area (Å²) in [5.74, 6) is -0.851. The smallest absolute Gasteiger partial charge is 0.350 e. The zero-order chi connectivity index (χ0) is 17.9. The maximum absolute atomic E-state index is 12.0. The van der Waals surface area contributed by atoms with Crippen LogP contribution in [0.15, 0.2) is 24.4 Å². The Kier molecular flexibility index (Phi) is 4.73. The summed E-state index contributed by atoms with van der Waals surface area (Å²) in [6, 6.07) is 4.36. The van der Waals surface area contributed by atoms with Gasteiger partial charge in [-0.3, -0.25) is 29.7 Å². The lowest BCUT2D eigenvalue weighted by Gasteiger charge is -2.06. The fourth-order valence-corrected chi connectivity index (χ4v) is 1.98. The van der Waals surface area contributed by atoms with Gasteiger partial charge in [0.1, 0.15) is 18.4 Å². The highest BCUT2D eigenvalue weighted by molar-refractivity contribution is 5.93. The zero-order valence-corrected chi connectivity index (χ0v) is 12.8. The molecule has 0 radical (unpaired) electrons. The molecular weight excluding hydrogens is 322 g/mol. The molecule has 126 valence electrons. The van der Waals surface area contributed by atoms with Crippen LogP contribution in [0.2, 0.25) is 0 Å². The lowest BCUT2D eigenvalue weighted by Crippen LogP contribution is -2.19. The Hall–Kier alpha value is -3.50. The van der Waals surface area contributed by atoms with Gasteiger partial charge in [-0.1, -0.05) is 6.07 Å². The van der Waals surface area contributed by atoms with Gasteiger partial charge in [-0.05, 0) is 18.6 Å². The Bertz CT molecular complexity index is 815. The number of ether oxygens (including phenoxy) is 1. The third kappa shape index (κ3) is 3.63. The van der Waals surface area contributed by atoms with E-state index in [0.29, 0.717) is 5.56 Å². The Morgan fingerprint density at radius 2 is 1.96 bits per heavy atom. The van der Waals surface area contributed by atoms with E-state index < -0.39 is 15.8 Å². The van der Waals surface area contributed by atoms with Crippen molar-refractivity contribution in [1.29, 1.82) is 0 Å². The van der Waals surface area contributed by atoms with E-state index in [4.69, 9.17) is 4.74 Å². The van der Waals surface area contributed by atoms with E-state index in [1.54, 1.807) is 13.0 Å². The van der Waals surface area contributed by atoms with Crippen LogP contribution < -0.4 is 10.1 Å². The summed E-state index contributed by atoms with van der Waals surface area (Å²) in [7, 11) is 1.22. The van der Waals surface area contributed by atoms with Crippen LogP contribution in [0.25, 0.3) is 0 Å². The lowest BCUT2D eigenvalue weighted by atomic mass is 10.2. The quantitative estimate of drug-likeness (QED) is 0.624. The molecule has 0 aliphatic rings. The van der Waals surface area contributed by atoms with Gasteiger partial charge < -0.3 is 10.1 Å². The van der Waals surface area contributed by atoms with Gasteiger partial charge in [0, 0.05) is 6.07 Å². The fourth-order valence-electron chi connectivity index (χ4n) is 1.98. The number of carbonyl (C=O) groups is 1. The van der Waals surface area contributed by atoms with E-state index >= 15 is 0 Å². The largest absolute Gasteiger partial charge is 0.475 e. The molecule has 0 fully saturated rings. The van der Waals surface area contributed by atoms with Crippen LogP contribution in [-0.4, -0.2) is 32.6 Å². The highest BCUT2D eigenvalue weighted by atomic mass is 16.6. The maximum Gasteiger partial charge on any atom is 0.350 e. The Morgan fingerprint density at radius 1 is 1.29 bits per heavy atom. The number of amides is 1. The third-order valence-electron chi connectivity index (χ3n) is 3.03. The number of carbonyl (C=O) groups excluding carboxylic acids is 1. The molecule has 1 amide bonds. The molecule has 0 spiro atoms. The minimum absolute atomic E-state index is 0.0317. The molecule has 1 heterocycles. The normalized spacial score (nSPS) is 10.2. The minimum atomic E-state index is -0.689. The number of methoxy groups -OCH3 is 1. The molecule has 2 rings (SSSR count). The summed E-state index contributed by atoms with van der Waals surface area (Å²) in [5, 5.41) is 28.0. The van der Waals surface area contributed by atoms with Crippen molar-refractivity contribution in [3.05, 3.63) is 50.2 Å². The van der Waals surface area contributed by atoms with Crippen LogP contribution in [0.5, 0.6) is 5.88 Å². The highest BCUT2D eigenvalue weighted by Gasteiger charge is 2.22. The van der Waals surface area contributed by atoms with Crippen molar-refractivity contribution in [3.8, 4) is 5.88 Å². The third-order valence-corrected chi connectivity index (χ3v) is 3.03. The van der Waals surface area contributed by atoms with Gasteiger partial charge >= 0.3 is 11.6 Å². The summed E-state index contributed by atoms with van der Waals surface area (Å²) in [5.41, 5.74) is 0.0790. The van der Waals surface area contributed by atoms with Crippen LogP contribution >= 0.6 is 0 Å². The summed E-state index contributed by atoms with van der Waals surface area (Å²) < 4.78 is 5.78. The topological polar surface area (TPSA) is 142 Å². The number of hydrogen-bond donors (Lipinski definition) is 1. The number of hydrogen-bond acceptors (Lipinski definition) is 7. The van der Waals surface area contributed by atoms with Crippen molar-refractivity contribution < 1.29 is 19.4 Å². The number of nitrogens with one attached hydrogen (secondary N) is 1. The second-order valence-corrected chi connectivity index (χ2v) is 4.80. The number of aryl methyl sites for hydroxylation is 1. The van der Waals surface area contributed by atoms with Crippen LogP contribution in [0.3, 0.4) is 0 Å². The van der Waals surface area contributed by atoms with E-state index in [9.17, 15) is 25.0 Å². The van der Waals surface area contributed by atoms with Crippen molar-refractivity contribution in [2.75, 3.05) is 12.4 Å². The average molecular weight is 335 g/mol. The number of anilines is 1. The molecule has 0 saturated heterocycles. The molecule has 11 heteroatoms. The molecule has 0 unspecified atom stereocenters. The molecule has 1 aromatic heterocycles. The zero-order valence-electron chi connectivity index (χ0n) is 12.8. The van der Waals surface area contributed by atoms with E-state index in [2.05, 4.69) is 10.4 Å². The van der Waals surface area contributed by atoms with Gasteiger partial charge in [0.05, 0.1) is 17.0 Å².